The fourth-order valence-electron chi connectivity index (χ4n) is 1.39. The first-order chi connectivity index (χ1) is 6.18. The van der Waals surface area contributed by atoms with Crippen molar-refractivity contribution in [1.82, 2.24) is 4.98 Å². The van der Waals surface area contributed by atoms with Crippen LogP contribution < -0.4 is 0 Å². The van der Waals surface area contributed by atoms with Gasteiger partial charge in [0.2, 0.25) is 0 Å². The van der Waals surface area contributed by atoms with Gasteiger partial charge in [0.05, 0.1) is 6.10 Å². The van der Waals surface area contributed by atoms with Crippen LogP contribution in [0.5, 0.6) is 5.75 Å². The number of phenols is 1. The van der Waals surface area contributed by atoms with Crippen LogP contribution in [0.4, 0.5) is 0 Å². The third-order valence-electron chi connectivity index (χ3n) is 2.11. The van der Waals surface area contributed by atoms with Gasteiger partial charge in [-0.1, -0.05) is 6.07 Å². The van der Waals surface area contributed by atoms with Crippen molar-refractivity contribution in [3.05, 3.63) is 30.0 Å². The van der Waals surface area contributed by atoms with E-state index in [1.807, 2.05) is 6.07 Å². The minimum atomic E-state index is -0.535. The molecule has 0 bridgehead atoms. The van der Waals surface area contributed by atoms with Crippen LogP contribution in [0.25, 0.3) is 10.9 Å². The molecule has 3 nitrogen and oxygen atoms in total. The first-order valence-corrected chi connectivity index (χ1v) is 4.17. The molecule has 0 spiro atoms. The maximum Gasteiger partial charge on any atom is 0.124 e. The van der Waals surface area contributed by atoms with Gasteiger partial charge < -0.3 is 15.2 Å². The molecule has 1 aromatic carbocycles. The van der Waals surface area contributed by atoms with E-state index in [1.54, 1.807) is 25.1 Å². The summed E-state index contributed by atoms with van der Waals surface area (Å²) >= 11 is 0. The Morgan fingerprint density at radius 2 is 2.15 bits per heavy atom. The Morgan fingerprint density at radius 3 is 2.77 bits per heavy atom. The Hall–Kier alpha value is -1.48. The van der Waals surface area contributed by atoms with Gasteiger partial charge in [-0.05, 0) is 25.1 Å². The zero-order chi connectivity index (χ0) is 9.42. The lowest BCUT2D eigenvalue weighted by atomic mass is 10.2. The number of aromatic nitrogens is 1. The van der Waals surface area contributed by atoms with Gasteiger partial charge in [-0.25, -0.2) is 0 Å². The van der Waals surface area contributed by atoms with Crippen LogP contribution in [0.15, 0.2) is 24.3 Å². The molecular formula is C10H11NO2. The van der Waals surface area contributed by atoms with Crippen molar-refractivity contribution in [3.8, 4) is 5.75 Å². The predicted molar refractivity (Wildman–Crippen MR) is 50.6 cm³/mol. The average Bonchev–Trinajstić information content (AvgIpc) is 2.49. The smallest absolute Gasteiger partial charge is 0.124 e. The Labute approximate surface area is 75.6 Å². The molecule has 0 aliphatic carbocycles. The Kier molecular flexibility index (Phi) is 1.74. The summed E-state index contributed by atoms with van der Waals surface area (Å²) in [5, 5.41) is 19.5. The Balaban J connectivity index is 2.68. The molecular weight excluding hydrogens is 166 g/mol. The lowest BCUT2D eigenvalue weighted by molar-refractivity contribution is 0.195. The topological polar surface area (TPSA) is 56.2 Å². The van der Waals surface area contributed by atoms with Crippen molar-refractivity contribution >= 4 is 10.9 Å². The van der Waals surface area contributed by atoms with Crippen LogP contribution >= 0.6 is 0 Å². The standard InChI is InChI=1S/C10H11NO2/c1-6(12)9-5-7-8(11-9)3-2-4-10(7)13/h2-6,11-13H,1H3. The molecule has 3 N–H and O–H groups in total. The van der Waals surface area contributed by atoms with Crippen molar-refractivity contribution < 1.29 is 10.2 Å². The van der Waals surface area contributed by atoms with E-state index in [-0.39, 0.29) is 5.75 Å². The number of nitrogens with one attached hydrogen (secondary N) is 1. The van der Waals surface area contributed by atoms with Gasteiger partial charge in [0, 0.05) is 16.6 Å². The van der Waals surface area contributed by atoms with Gasteiger partial charge in [-0.3, -0.25) is 0 Å². The number of phenolic OH excluding ortho intramolecular Hbond substituents is 1. The predicted octanol–water partition coefficient (Wildman–Crippen LogP) is 1.93. The average molecular weight is 177 g/mol. The van der Waals surface area contributed by atoms with Crippen LogP contribution in [-0.4, -0.2) is 15.2 Å². The summed E-state index contributed by atoms with van der Waals surface area (Å²) in [5.74, 6) is 0.237. The van der Waals surface area contributed by atoms with Gasteiger partial charge in [0.1, 0.15) is 5.75 Å². The summed E-state index contributed by atoms with van der Waals surface area (Å²) in [7, 11) is 0. The molecule has 68 valence electrons. The Bertz CT molecular complexity index is 431. The molecule has 0 aliphatic rings. The molecule has 2 aromatic rings. The van der Waals surface area contributed by atoms with Crippen LogP contribution in [0, 0.1) is 0 Å². The number of aromatic hydroxyl groups is 1. The quantitative estimate of drug-likeness (QED) is 0.623. The number of hydrogen-bond donors (Lipinski definition) is 3. The number of aliphatic hydroxyl groups is 1. The monoisotopic (exact) mass is 177 g/mol. The summed E-state index contributed by atoms with van der Waals surface area (Å²) in [6, 6.07) is 7.01. The number of hydrogen-bond acceptors (Lipinski definition) is 2. The molecule has 0 fully saturated rings. The highest BCUT2D eigenvalue weighted by Gasteiger charge is 2.07. The lowest BCUT2D eigenvalue weighted by Crippen LogP contribution is -1.88. The van der Waals surface area contributed by atoms with E-state index in [4.69, 9.17) is 0 Å². The van der Waals surface area contributed by atoms with E-state index in [9.17, 15) is 10.2 Å². The summed E-state index contributed by atoms with van der Waals surface area (Å²) < 4.78 is 0. The number of fused-ring (bicyclic) bond motifs is 1. The highest BCUT2D eigenvalue weighted by atomic mass is 16.3. The minimum Gasteiger partial charge on any atom is -0.507 e. The molecule has 0 aliphatic heterocycles. The number of rotatable bonds is 1. The van der Waals surface area contributed by atoms with Crippen molar-refractivity contribution in [2.24, 2.45) is 0 Å². The molecule has 1 aromatic heterocycles. The maximum atomic E-state index is 9.46. The fourth-order valence-corrected chi connectivity index (χ4v) is 1.39. The molecule has 13 heavy (non-hydrogen) atoms. The first kappa shape index (κ1) is 8.13. The van der Waals surface area contributed by atoms with Gasteiger partial charge in [-0.2, -0.15) is 0 Å². The van der Waals surface area contributed by atoms with E-state index in [0.717, 1.165) is 16.6 Å². The van der Waals surface area contributed by atoms with E-state index >= 15 is 0 Å². The highest BCUT2D eigenvalue weighted by Crippen LogP contribution is 2.26. The minimum absolute atomic E-state index is 0.237. The molecule has 0 saturated carbocycles. The molecule has 1 atom stereocenters. The first-order valence-electron chi connectivity index (χ1n) is 4.17. The molecule has 2 rings (SSSR count). The maximum absolute atomic E-state index is 9.46. The Morgan fingerprint density at radius 1 is 1.38 bits per heavy atom. The van der Waals surface area contributed by atoms with Crippen molar-refractivity contribution in [3.63, 3.8) is 0 Å². The number of H-pyrrole nitrogens is 1. The largest absolute Gasteiger partial charge is 0.507 e. The van der Waals surface area contributed by atoms with Crippen molar-refractivity contribution in [2.75, 3.05) is 0 Å². The summed E-state index contributed by atoms with van der Waals surface area (Å²) in [4.78, 5) is 3.03. The van der Waals surface area contributed by atoms with Crippen LogP contribution in [0.3, 0.4) is 0 Å². The van der Waals surface area contributed by atoms with Gasteiger partial charge in [-0.15, -0.1) is 0 Å². The third-order valence-corrected chi connectivity index (χ3v) is 2.11. The second-order valence-electron chi connectivity index (χ2n) is 3.14. The van der Waals surface area contributed by atoms with Gasteiger partial charge >= 0.3 is 0 Å². The van der Waals surface area contributed by atoms with E-state index in [0.29, 0.717) is 0 Å². The highest BCUT2D eigenvalue weighted by molar-refractivity contribution is 5.86. The molecule has 0 amide bonds. The lowest BCUT2D eigenvalue weighted by Gasteiger charge is -1.97. The van der Waals surface area contributed by atoms with Gasteiger partial charge in [0.15, 0.2) is 0 Å². The zero-order valence-corrected chi connectivity index (χ0v) is 7.28. The van der Waals surface area contributed by atoms with Crippen LogP contribution in [0.2, 0.25) is 0 Å². The second kappa shape index (κ2) is 2.78. The molecule has 1 unspecified atom stereocenters. The van der Waals surface area contributed by atoms with Gasteiger partial charge in [0.25, 0.3) is 0 Å². The summed E-state index contributed by atoms with van der Waals surface area (Å²) in [6.45, 7) is 1.68. The molecule has 1 heterocycles. The van der Waals surface area contributed by atoms with Crippen molar-refractivity contribution in [1.29, 1.82) is 0 Å². The van der Waals surface area contributed by atoms with E-state index < -0.39 is 6.10 Å². The van der Waals surface area contributed by atoms with E-state index in [1.165, 1.54) is 0 Å². The summed E-state index contributed by atoms with van der Waals surface area (Å²) in [5.41, 5.74) is 1.56. The molecule has 3 heteroatoms. The van der Waals surface area contributed by atoms with Crippen molar-refractivity contribution in [2.45, 2.75) is 13.0 Å². The van der Waals surface area contributed by atoms with Crippen LogP contribution in [0.1, 0.15) is 18.7 Å². The summed E-state index contributed by atoms with van der Waals surface area (Å²) in [6.07, 6.45) is -0.535. The number of aromatic amines is 1. The van der Waals surface area contributed by atoms with Crippen LogP contribution in [-0.2, 0) is 0 Å². The number of benzene rings is 1. The zero-order valence-electron chi connectivity index (χ0n) is 7.28. The third kappa shape index (κ3) is 1.27. The van der Waals surface area contributed by atoms with E-state index in [2.05, 4.69) is 4.98 Å². The second-order valence-corrected chi connectivity index (χ2v) is 3.14. The SMILES string of the molecule is CC(O)c1cc2c(O)cccc2[nH]1. The number of aliphatic hydroxyl groups excluding tert-OH is 1. The molecule has 0 radical (unpaired) electrons. The normalized spacial score (nSPS) is 13.4. The molecule has 0 saturated heterocycles. The fraction of sp³-hybridized carbons (Fsp3) is 0.200.